The van der Waals surface area contributed by atoms with Crippen LogP contribution >= 0.6 is 0 Å². The molecule has 6 nitrogen and oxygen atoms in total. The van der Waals surface area contributed by atoms with Crippen LogP contribution in [-0.2, 0) is 28.9 Å². The lowest BCUT2D eigenvalue weighted by molar-refractivity contribution is -0.131. The third kappa shape index (κ3) is 4.06. The highest BCUT2D eigenvalue weighted by atomic mass is 16.5. The molecule has 0 N–H and O–H groups in total. The number of aryl methyl sites for hydroxylation is 1. The predicted molar refractivity (Wildman–Crippen MR) is 93.2 cm³/mol. The Morgan fingerprint density at radius 1 is 1.16 bits per heavy atom. The van der Waals surface area contributed by atoms with Gasteiger partial charge in [0.05, 0.1) is 12.6 Å². The highest BCUT2D eigenvalue weighted by Crippen LogP contribution is 2.25. The maximum Gasteiger partial charge on any atom is 0.236 e. The van der Waals surface area contributed by atoms with Gasteiger partial charge in [-0.1, -0.05) is 5.16 Å². The van der Waals surface area contributed by atoms with Crippen LogP contribution in [0.4, 0.5) is 0 Å². The van der Waals surface area contributed by atoms with Gasteiger partial charge in [0.1, 0.15) is 11.5 Å². The molecule has 1 atom stereocenters. The molecule has 2 fully saturated rings. The molecule has 1 aromatic rings. The van der Waals surface area contributed by atoms with Gasteiger partial charge >= 0.3 is 0 Å². The molecule has 1 unspecified atom stereocenters. The number of rotatable bonds is 6. The van der Waals surface area contributed by atoms with E-state index in [2.05, 4.69) is 10.1 Å². The molecule has 2 saturated heterocycles. The van der Waals surface area contributed by atoms with Crippen LogP contribution in [0.1, 0.15) is 55.5 Å². The van der Waals surface area contributed by atoms with Crippen molar-refractivity contribution in [3.05, 3.63) is 17.0 Å². The van der Waals surface area contributed by atoms with E-state index in [-0.39, 0.29) is 12.0 Å². The summed E-state index contributed by atoms with van der Waals surface area (Å²) < 4.78 is 11.4. The van der Waals surface area contributed by atoms with E-state index in [0.29, 0.717) is 13.1 Å². The lowest BCUT2D eigenvalue weighted by atomic mass is 9.96. The molecule has 0 aromatic carbocycles. The number of ether oxygens (including phenoxy) is 1. The van der Waals surface area contributed by atoms with E-state index in [1.807, 2.05) is 4.90 Å². The number of carbonyl (C=O) groups is 1. The van der Waals surface area contributed by atoms with Crippen LogP contribution in [0.15, 0.2) is 4.52 Å². The summed E-state index contributed by atoms with van der Waals surface area (Å²) in [6.07, 6.45) is 9.18. The van der Waals surface area contributed by atoms with Crippen molar-refractivity contribution in [1.82, 2.24) is 15.0 Å². The molecule has 3 aliphatic rings. The Bertz CT molecular complexity index is 589. The summed E-state index contributed by atoms with van der Waals surface area (Å²) in [5, 5.41) is 4.33. The number of hydrogen-bond donors (Lipinski definition) is 0. The van der Waals surface area contributed by atoms with Crippen molar-refractivity contribution in [2.75, 3.05) is 32.8 Å². The number of aromatic nitrogens is 1. The second-order valence-electron chi connectivity index (χ2n) is 7.63. The summed E-state index contributed by atoms with van der Waals surface area (Å²) in [6.45, 7) is 4.62. The van der Waals surface area contributed by atoms with Crippen LogP contribution in [0, 0.1) is 0 Å². The fourth-order valence-corrected chi connectivity index (χ4v) is 4.30. The van der Waals surface area contributed by atoms with Gasteiger partial charge in [-0.05, 0) is 44.9 Å². The molecule has 138 valence electrons. The minimum atomic E-state index is 0.243. The molecule has 1 amide bonds. The maximum absolute atomic E-state index is 12.6. The Labute approximate surface area is 149 Å². The zero-order valence-corrected chi connectivity index (χ0v) is 15.0. The Hall–Kier alpha value is -1.40. The smallest absolute Gasteiger partial charge is 0.236 e. The number of hydrogen-bond acceptors (Lipinski definition) is 5. The number of amides is 1. The van der Waals surface area contributed by atoms with Crippen molar-refractivity contribution in [1.29, 1.82) is 0 Å². The molecule has 0 saturated carbocycles. The van der Waals surface area contributed by atoms with Crippen molar-refractivity contribution in [2.45, 2.75) is 64.0 Å². The zero-order chi connectivity index (χ0) is 17.1. The van der Waals surface area contributed by atoms with E-state index < -0.39 is 0 Å². The zero-order valence-electron chi connectivity index (χ0n) is 15.0. The van der Waals surface area contributed by atoms with Crippen molar-refractivity contribution in [3.8, 4) is 0 Å². The summed E-state index contributed by atoms with van der Waals surface area (Å²) in [7, 11) is 0. The van der Waals surface area contributed by atoms with Crippen LogP contribution in [0.2, 0.25) is 0 Å². The van der Waals surface area contributed by atoms with Gasteiger partial charge in [0, 0.05) is 44.8 Å². The SMILES string of the molecule is O=C(CN(Cc1noc2c1CCCC2)CC1CCCO1)N1CCCC1. The van der Waals surface area contributed by atoms with Crippen molar-refractivity contribution in [3.63, 3.8) is 0 Å². The first kappa shape index (κ1) is 17.0. The Balaban J connectivity index is 1.44. The fraction of sp³-hybridized carbons (Fsp3) is 0.789. The highest BCUT2D eigenvalue weighted by Gasteiger charge is 2.27. The van der Waals surface area contributed by atoms with Crippen LogP contribution < -0.4 is 0 Å². The maximum atomic E-state index is 12.6. The quantitative estimate of drug-likeness (QED) is 0.789. The fourth-order valence-electron chi connectivity index (χ4n) is 4.30. The van der Waals surface area contributed by atoms with Gasteiger partial charge in [-0.25, -0.2) is 0 Å². The van der Waals surface area contributed by atoms with Crippen molar-refractivity contribution >= 4 is 5.91 Å². The van der Waals surface area contributed by atoms with Gasteiger partial charge < -0.3 is 14.2 Å². The van der Waals surface area contributed by atoms with E-state index in [1.54, 1.807) is 0 Å². The second kappa shape index (κ2) is 7.87. The average Bonchev–Trinajstić information content (AvgIpc) is 3.37. The summed E-state index contributed by atoms with van der Waals surface area (Å²) in [5.41, 5.74) is 2.32. The topological polar surface area (TPSA) is 58.8 Å². The minimum Gasteiger partial charge on any atom is -0.377 e. The standard InChI is InChI=1S/C19H29N3O3/c23-19(22-9-3-4-10-22)14-21(12-15-6-5-11-24-15)13-17-16-7-1-2-8-18(16)25-20-17/h15H,1-14H2. The van der Waals surface area contributed by atoms with Crippen LogP contribution in [0.25, 0.3) is 0 Å². The molecular weight excluding hydrogens is 318 g/mol. The molecule has 1 aliphatic carbocycles. The average molecular weight is 347 g/mol. The van der Waals surface area contributed by atoms with E-state index >= 15 is 0 Å². The van der Waals surface area contributed by atoms with E-state index in [1.165, 1.54) is 18.4 Å². The molecule has 0 bridgehead atoms. The summed E-state index contributed by atoms with van der Waals surface area (Å²) in [5.74, 6) is 1.30. The monoisotopic (exact) mass is 347 g/mol. The van der Waals surface area contributed by atoms with E-state index in [9.17, 15) is 4.79 Å². The first-order valence-corrected chi connectivity index (χ1v) is 9.87. The highest BCUT2D eigenvalue weighted by molar-refractivity contribution is 5.78. The summed E-state index contributed by atoms with van der Waals surface area (Å²) in [4.78, 5) is 16.9. The number of likely N-dealkylation sites (tertiary alicyclic amines) is 1. The Kier molecular flexibility index (Phi) is 5.36. The molecule has 3 heterocycles. The first-order valence-electron chi connectivity index (χ1n) is 9.87. The van der Waals surface area contributed by atoms with Crippen molar-refractivity contribution < 1.29 is 14.1 Å². The molecule has 1 aromatic heterocycles. The van der Waals surface area contributed by atoms with Crippen LogP contribution in [0.3, 0.4) is 0 Å². The predicted octanol–water partition coefficient (Wildman–Crippen LogP) is 2.16. The molecular formula is C19H29N3O3. The largest absolute Gasteiger partial charge is 0.377 e. The molecule has 6 heteroatoms. The summed E-state index contributed by atoms with van der Waals surface area (Å²) in [6, 6.07) is 0. The third-order valence-corrected chi connectivity index (χ3v) is 5.71. The molecule has 2 aliphatic heterocycles. The Morgan fingerprint density at radius 2 is 2.00 bits per heavy atom. The van der Waals surface area contributed by atoms with Gasteiger partial charge in [-0.15, -0.1) is 0 Å². The first-order chi connectivity index (χ1) is 12.3. The van der Waals surface area contributed by atoms with Crippen LogP contribution in [-0.4, -0.2) is 59.8 Å². The third-order valence-electron chi connectivity index (χ3n) is 5.71. The van der Waals surface area contributed by atoms with Gasteiger partial charge in [-0.3, -0.25) is 9.69 Å². The minimum absolute atomic E-state index is 0.243. The number of nitrogens with zero attached hydrogens (tertiary/aromatic N) is 3. The molecule has 0 spiro atoms. The summed E-state index contributed by atoms with van der Waals surface area (Å²) >= 11 is 0. The molecule has 25 heavy (non-hydrogen) atoms. The van der Waals surface area contributed by atoms with Gasteiger partial charge in [0.25, 0.3) is 0 Å². The second-order valence-corrected chi connectivity index (χ2v) is 7.63. The lowest BCUT2D eigenvalue weighted by Crippen LogP contribution is -2.41. The van der Waals surface area contributed by atoms with Gasteiger partial charge in [-0.2, -0.15) is 0 Å². The Morgan fingerprint density at radius 3 is 2.80 bits per heavy atom. The lowest BCUT2D eigenvalue weighted by Gasteiger charge is -2.26. The number of fused-ring (bicyclic) bond motifs is 1. The molecule has 0 radical (unpaired) electrons. The van der Waals surface area contributed by atoms with E-state index in [0.717, 1.165) is 76.2 Å². The van der Waals surface area contributed by atoms with Gasteiger partial charge in [0.15, 0.2) is 0 Å². The van der Waals surface area contributed by atoms with Crippen molar-refractivity contribution in [2.24, 2.45) is 0 Å². The number of carbonyl (C=O) groups excluding carboxylic acids is 1. The van der Waals surface area contributed by atoms with Gasteiger partial charge in [0.2, 0.25) is 5.91 Å². The van der Waals surface area contributed by atoms with E-state index in [4.69, 9.17) is 9.26 Å². The van der Waals surface area contributed by atoms with Crippen LogP contribution in [0.5, 0.6) is 0 Å². The molecule has 4 rings (SSSR count). The normalized spacial score (nSPS) is 23.4.